The number of anilines is 3. The lowest BCUT2D eigenvalue weighted by atomic mass is 9.82. The van der Waals surface area contributed by atoms with Gasteiger partial charge in [-0.25, -0.2) is 19.9 Å². The molecule has 0 unspecified atom stereocenters. The van der Waals surface area contributed by atoms with E-state index in [0.29, 0.717) is 11.9 Å². The van der Waals surface area contributed by atoms with Crippen LogP contribution in [0.2, 0.25) is 0 Å². The summed E-state index contributed by atoms with van der Waals surface area (Å²) in [5.41, 5.74) is 30.5. The maximum atomic E-state index is 6.60. The van der Waals surface area contributed by atoms with E-state index in [2.05, 4.69) is 363 Å². The first-order chi connectivity index (χ1) is 55.5. The first-order valence-corrected chi connectivity index (χ1v) is 38.7. The van der Waals surface area contributed by atoms with E-state index >= 15 is 0 Å². The smallest absolute Gasteiger partial charge is 0.235 e. The molecule has 0 fully saturated rings. The first kappa shape index (κ1) is 65.5. The molecule has 15 aromatic carbocycles. The van der Waals surface area contributed by atoms with E-state index in [4.69, 9.17) is 28.8 Å². The molecule has 0 atom stereocenters. The van der Waals surface area contributed by atoms with Crippen LogP contribution in [0.3, 0.4) is 0 Å². The predicted octanol–water partition coefficient (Wildman–Crippen LogP) is 27.4. The fourth-order valence-corrected chi connectivity index (χ4v) is 18.2. The van der Waals surface area contributed by atoms with Crippen molar-refractivity contribution in [2.75, 3.05) is 4.90 Å². The van der Waals surface area contributed by atoms with Crippen molar-refractivity contribution in [3.63, 3.8) is 0 Å². The number of nitrogens with zero attached hydrogens (tertiary/aromatic N) is 7. The number of furan rings is 2. The van der Waals surface area contributed by atoms with Crippen LogP contribution in [-0.2, 0) is 10.8 Å². The van der Waals surface area contributed by atoms with Crippen LogP contribution < -0.4 is 4.90 Å². The molecule has 0 amide bonds. The van der Waals surface area contributed by atoms with Crippen LogP contribution in [0, 0.1) is 0 Å². The second-order valence-electron chi connectivity index (χ2n) is 30.8. The highest BCUT2D eigenvalue weighted by Gasteiger charge is 2.39. The fourth-order valence-electron chi connectivity index (χ4n) is 18.2. The lowest BCUT2D eigenvalue weighted by molar-refractivity contribution is 0.660. The number of benzene rings is 15. The molecule has 9 nitrogen and oxygen atoms in total. The largest absolute Gasteiger partial charge is 0.455 e. The molecule has 0 N–H and O–H groups in total. The Kier molecular flexibility index (Phi) is 14.8. The predicted molar refractivity (Wildman–Crippen MR) is 464 cm³/mol. The zero-order valence-electron chi connectivity index (χ0n) is 62.5. The Morgan fingerprint density at radius 1 is 0.239 bits per heavy atom. The van der Waals surface area contributed by atoms with Crippen molar-refractivity contribution >= 4 is 105 Å². The molecule has 0 radical (unpaired) electrons. The van der Waals surface area contributed by atoms with Gasteiger partial charge in [-0.15, -0.1) is 0 Å². The molecule has 534 valence electrons. The Balaban J connectivity index is 0.000000139. The van der Waals surface area contributed by atoms with Crippen molar-refractivity contribution in [1.82, 2.24) is 29.1 Å². The topological polar surface area (TPSA) is 90.9 Å². The summed E-state index contributed by atoms with van der Waals surface area (Å²) in [5, 5.41) is 8.93. The van der Waals surface area contributed by atoms with Gasteiger partial charge in [-0.3, -0.25) is 9.13 Å². The molecule has 23 rings (SSSR count). The van der Waals surface area contributed by atoms with Crippen LogP contribution in [0.5, 0.6) is 0 Å². The first-order valence-electron chi connectivity index (χ1n) is 38.7. The lowest BCUT2D eigenvalue weighted by Crippen LogP contribution is -2.15. The van der Waals surface area contributed by atoms with Crippen LogP contribution in [0.4, 0.5) is 17.1 Å². The zero-order valence-corrected chi connectivity index (χ0v) is 62.5. The summed E-state index contributed by atoms with van der Waals surface area (Å²) < 4.78 is 17.7. The van der Waals surface area contributed by atoms with Crippen LogP contribution in [0.1, 0.15) is 49.9 Å². The van der Waals surface area contributed by atoms with Gasteiger partial charge in [0.1, 0.15) is 22.3 Å². The van der Waals surface area contributed by atoms with Crippen molar-refractivity contribution in [2.45, 2.75) is 38.5 Å². The molecule has 0 spiro atoms. The minimum absolute atomic E-state index is 0.161. The Morgan fingerprint density at radius 3 is 1.09 bits per heavy atom. The third-order valence-corrected chi connectivity index (χ3v) is 23.6. The molecule has 6 heterocycles. The lowest BCUT2D eigenvalue weighted by Gasteiger charge is -2.25. The van der Waals surface area contributed by atoms with E-state index in [9.17, 15) is 0 Å². The van der Waals surface area contributed by atoms with Gasteiger partial charge in [0, 0.05) is 93.2 Å². The zero-order chi connectivity index (χ0) is 75.2. The summed E-state index contributed by atoms with van der Waals surface area (Å²) in [5.74, 6) is 1.22. The molecule has 0 saturated heterocycles. The number of aromatic nitrogens is 6. The summed E-state index contributed by atoms with van der Waals surface area (Å²) in [7, 11) is 0. The number of fused-ring (bicyclic) bond motifs is 18. The minimum atomic E-state index is -0.196. The highest BCUT2D eigenvalue weighted by atomic mass is 16.3. The van der Waals surface area contributed by atoms with Gasteiger partial charge in [0.2, 0.25) is 11.9 Å². The van der Waals surface area contributed by atoms with Crippen LogP contribution >= 0.6 is 0 Å². The summed E-state index contributed by atoms with van der Waals surface area (Å²) in [4.78, 5) is 24.0. The maximum Gasteiger partial charge on any atom is 0.235 e. The molecule has 6 aromatic heterocycles. The standard InChI is InChI=1S/C55H38N4O.C49H33N3O/c1-55(2)46-27-14-12-23-39(46)43-32-45-44-31-38(58(36-19-8-4-9-20-36)37-21-10-5-11-22-37)29-30-50(44)59(51(45)33-47(43)55)54-56-48(35-17-6-3-7-18-35)34-49(57-54)42-26-16-25-41-40-24-13-15-28-52(40)60-53(41)42;1-49(2)40-22-11-9-18-33(40)37-27-39-38-26-32(30-14-5-3-6-15-30)24-25-44(38)52(45(39)28-41(37)49)48-50-42(31-16-7-4-8-17-31)29-43(51-48)36-21-13-20-35-34-19-10-12-23-46(34)53-47(35)36/h3-34H,1-2H3;3-29H,1-2H3. The second-order valence-corrected chi connectivity index (χ2v) is 30.8. The van der Waals surface area contributed by atoms with E-state index in [0.717, 1.165) is 139 Å². The highest BCUT2D eigenvalue weighted by molar-refractivity contribution is 6.16. The molecule has 0 saturated carbocycles. The Bertz CT molecular complexity index is 7380. The minimum Gasteiger partial charge on any atom is -0.455 e. The van der Waals surface area contributed by atoms with Crippen LogP contribution in [-0.4, -0.2) is 29.1 Å². The number of rotatable bonds is 10. The average molecular weight is 1450 g/mol. The van der Waals surface area contributed by atoms with Crippen molar-refractivity contribution in [1.29, 1.82) is 0 Å². The molecular weight excluding hydrogens is 1380 g/mol. The molecule has 2 aliphatic carbocycles. The molecule has 2 aliphatic rings. The van der Waals surface area contributed by atoms with Crippen molar-refractivity contribution in [3.05, 3.63) is 380 Å². The molecule has 0 aliphatic heterocycles. The van der Waals surface area contributed by atoms with E-state index < -0.39 is 0 Å². The summed E-state index contributed by atoms with van der Waals surface area (Å²) >= 11 is 0. The maximum absolute atomic E-state index is 6.60. The van der Waals surface area contributed by atoms with E-state index in [1.807, 2.05) is 36.4 Å². The van der Waals surface area contributed by atoms with Crippen LogP contribution in [0.25, 0.3) is 178 Å². The van der Waals surface area contributed by atoms with E-state index in [1.54, 1.807) is 0 Å². The Morgan fingerprint density at radius 2 is 0.611 bits per heavy atom. The van der Waals surface area contributed by atoms with E-state index in [-0.39, 0.29) is 10.8 Å². The van der Waals surface area contributed by atoms with Gasteiger partial charge in [0.05, 0.1) is 44.8 Å². The third kappa shape index (κ3) is 10.5. The summed E-state index contributed by atoms with van der Waals surface area (Å²) in [6.07, 6.45) is 0. The highest BCUT2D eigenvalue weighted by Crippen LogP contribution is 2.54. The monoisotopic (exact) mass is 1450 g/mol. The molecular formula is C104H71N7O2. The SMILES string of the molecule is CC1(C)c2ccccc2-c2cc3c4cc(-c5ccccc5)ccc4n(-c4nc(-c5ccccc5)cc(-c5cccc6c5oc5ccccc56)n4)c3cc21.CC1(C)c2ccccc2-c2cc3c4cc(N(c5ccccc5)c5ccccc5)ccc4n(-c4nc(-c5ccccc5)cc(-c5cccc6c5oc5ccccc56)n4)c3cc21. The van der Waals surface area contributed by atoms with Gasteiger partial charge in [-0.1, -0.05) is 270 Å². The Hall–Kier alpha value is -14.5. The van der Waals surface area contributed by atoms with Crippen molar-refractivity contribution in [2.24, 2.45) is 0 Å². The van der Waals surface area contributed by atoms with Crippen LogP contribution in [0.15, 0.2) is 367 Å². The average Bonchev–Trinajstić information content (AvgIpc) is 1.55. The van der Waals surface area contributed by atoms with Crippen molar-refractivity contribution < 1.29 is 8.83 Å². The Labute approximate surface area is 652 Å². The number of hydrogen-bond donors (Lipinski definition) is 0. The normalized spacial score (nSPS) is 13.1. The van der Waals surface area contributed by atoms with Gasteiger partial charge >= 0.3 is 0 Å². The summed E-state index contributed by atoms with van der Waals surface area (Å²) in [6, 6.07) is 127. The molecule has 21 aromatic rings. The van der Waals surface area contributed by atoms with Crippen molar-refractivity contribution in [3.8, 4) is 90.3 Å². The van der Waals surface area contributed by atoms with Gasteiger partial charge < -0.3 is 13.7 Å². The fraction of sp³-hybridized carbons (Fsp3) is 0.0577. The van der Waals surface area contributed by atoms with Gasteiger partial charge in [-0.05, 0) is 171 Å². The summed E-state index contributed by atoms with van der Waals surface area (Å²) in [6.45, 7) is 9.35. The molecule has 113 heavy (non-hydrogen) atoms. The number of para-hydroxylation sites is 6. The molecule has 0 bridgehead atoms. The number of hydrogen-bond acceptors (Lipinski definition) is 7. The second kappa shape index (κ2) is 25.5. The van der Waals surface area contributed by atoms with Gasteiger partial charge in [-0.2, -0.15) is 0 Å². The molecule has 9 heteroatoms. The van der Waals surface area contributed by atoms with Gasteiger partial charge in [0.25, 0.3) is 0 Å². The quantitative estimate of drug-likeness (QED) is 0.135. The van der Waals surface area contributed by atoms with Gasteiger partial charge in [0.15, 0.2) is 0 Å². The van der Waals surface area contributed by atoms with E-state index in [1.165, 1.54) is 66.4 Å². The third-order valence-electron chi connectivity index (χ3n) is 23.6.